The van der Waals surface area contributed by atoms with Crippen LogP contribution in [0.4, 0.5) is 18.9 Å². The average molecular weight is 472 g/mol. The summed E-state index contributed by atoms with van der Waals surface area (Å²) < 4.78 is 47.1. The van der Waals surface area contributed by atoms with E-state index in [9.17, 15) is 22.8 Å². The van der Waals surface area contributed by atoms with Crippen LogP contribution in [0, 0.1) is 0 Å². The number of furan rings is 1. The number of hydrogen-bond acceptors (Lipinski definition) is 7. The summed E-state index contributed by atoms with van der Waals surface area (Å²) in [6.45, 7) is 0. The minimum atomic E-state index is -4.75. The summed E-state index contributed by atoms with van der Waals surface area (Å²) in [5.41, 5.74) is 4.55. The first-order valence-corrected chi connectivity index (χ1v) is 10.0. The molecule has 166 valence electrons. The zero-order valence-corrected chi connectivity index (χ0v) is 17.1. The molecule has 0 saturated carbocycles. The third-order valence-corrected chi connectivity index (χ3v) is 5.82. The Morgan fingerprint density at radius 1 is 1.24 bits per heavy atom. The summed E-state index contributed by atoms with van der Waals surface area (Å²) in [6.07, 6.45) is 0.882. The minimum Gasteiger partial charge on any atom is -0.464 e. The van der Waals surface area contributed by atoms with E-state index < -0.39 is 23.7 Å². The lowest BCUT2D eigenvalue weighted by molar-refractivity contribution is -0.140. The van der Waals surface area contributed by atoms with Crippen LogP contribution < -0.4 is 11.1 Å². The number of nitrogens with two attached hydrogens (primary N) is 1. The third kappa shape index (κ3) is 3.47. The number of fused-ring (bicyclic) bond motifs is 2. The van der Waals surface area contributed by atoms with E-state index in [1.807, 2.05) is 0 Å². The molecule has 0 aromatic carbocycles. The summed E-state index contributed by atoms with van der Waals surface area (Å²) in [5, 5.41) is 6.71. The average Bonchev–Trinajstić information content (AvgIpc) is 3.51. The second kappa shape index (κ2) is 7.41. The quantitative estimate of drug-likeness (QED) is 0.407. The molecule has 5 rings (SSSR count). The number of pyridine rings is 1. The Kier molecular flexibility index (Phi) is 4.63. The fraction of sp³-hybridized carbons (Fsp3) is 0.0500. The fourth-order valence-electron chi connectivity index (χ4n) is 3.33. The standard InChI is InChI=1S/C20H11F3N6O3S/c21-20(22,23)12-7-9(11-3-1-6-32-11)13-14(15(16(24)30)33-19(13)27-12)28-18(31)10-8-26-29-5-2-4-25-17(10)29/h1-8H,(H2,24,30)(H,28,31). The molecule has 33 heavy (non-hydrogen) atoms. The van der Waals surface area contributed by atoms with E-state index in [4.69, 9.17) is 10.2 Å². The van der Waals surface area contributed by atoms with Crippen LogP contribution in [0.5, 0.6) is 0 Å². The van der Waals surface area contributed by atoms with Crippen LogP contribution in [-0.4, -0.2) is 31.4 Å². The molecule has 3 N–H and O–H groups in total. The largest absolute Gasteiger partial charge is 0.464 e. The number of anilines is 1. The Morgan fingerprint density at radius 3 is 2.76 bits per heavy atom. The normalized spacial score (nSPS) is 11.8. The highest BCUT2D eigenvalue weighted by molar-refractivity contribution is 7.21. The molecule has 0 aliphatic carbocycles. The summed E-state index contributed by atoms with van der Waals surface area (Å²) >= 11 is 0.638. The Morgan fingerprint density at radius 2 is 2.06 bits per heavy atom. The smallest absolute Gasteiger partial charge is 0.433 e. The van der Waals surface area contributed by atoms with Crippen LogP contribution >= 0.6 is 11.3 Å². The molecule has 2 amide bonds. The number of carbonyl (C=O) groups is 2. The molecule has 0 aliphatic heterocycles. The van der Waals surface area contributed by atoms with Gasteiger partial charge >= 0.3 is 6.18 Å². The highest BCUT2D eigenvalue weighted by atomic mass is 32.1. The van der Waals surface area contributed by atoms with E-state index in [1.165, 1.54) is 35.3 Å². The van der Waals surface area contributed by atoms with Crippen molar-refractivity contribution in [2.45, 2.75) is 6.18 Å². The van der Waals surface area contributed by atoms with Gasteiger partial charge in [-0.25, -0.2) is 14.5 Å². The van der Waals surface area contributed by atoms with Gasteiger partial charge in [-0.3, -0.25) is 9.59 Å². The lowest BCUT2D eigenvalue weighted by atomic mass is 10.1. The number of carbonyl (C=O) groups excluding carboxylic acids is 2. The van der Waals surface area contributed by atoms with Gasteiger partial charge in [-0.2, -0.15) is 18.3 Å². The highest BCUT2D eigenvalue weighted by Gasteiger charge is 2.35. The maximum atomic E-state index is 13.5. The molecule has 0 spiro atoms. The Hall–Kier alpha value is -4.26. The van der Waals surface area contributed by atoms with Crippen molar-refractivity contribution in [1.82, 2.24) is 19.6 Å². The van der Waals surface area contributed by atoms with Crippen molar-refractivity contribution in [1.29, 1.82) is 0 Å². The summed E-state index contributed by atoms with van der Waals surface area (Å²) in [4.78, 5) is 32.7. The molecular formula is C20H11F3N6O3S. The number of primary amides is 1. The predicted molar refractivity (Wildman–Crippen MR) is 112 cm³/mol. The Bertz CT molecular complexity index is 1540. The van der Waals surface area contributed by atoms with Gasteiger partial charge in [-0.05, 0) is 24.3 Å². The van der Waals surface area contributed by atoms with Crippen molar-refractivity contribution in [2.24, 2.45) is 5.73 Å². The van der Waals surface area contributed by atoms with Gasteiger partial charge in [0, 0.05) is 23.3 Å². The van der Waals surface area contributed by atoms with Crippen molar-refractivity contribution in [3.8, 4) is 11.3 Å². The topological polar surface area (TPSA) is 128 Å². The Labute approximate surface area is 185 Å². The number of nitrogens with zero attached hydrogens (tertiary/aromatic N) is 4. The van der Waals surface area contributed by atoms with Crippen LogP contribution in [0.3, 0.4) is 0 Å². The SMILES string of the molecule is NC(=O)c1sc2nc(C(F)(F)F)cc(-c3ccco3)c2c1NC(=O)c1cnn2cccnc12. The molecule has 9 nitrogen and oxygen atoms in total. The number of halogens is 3. The fourth-order valence-corrected chi connectivity index (χ4v) is 4.34. The zero-order valence-electron chi connectivity index (χ0n) is 16.3. The number of aromatic nitrogens is 4. The van der Waals surface area contributed by atoms with Crippen molar-refractivity contribution >= 4 is 44.7 Å². The van der Waals surface area contributed by atoms with Crippen molar-refractivity contribution in [3.63, 3.8) is 0 Å². The van der Waals surface area contributed by atoms with Crippen LogP contribution in [0.15, 0.2) is 53.5 Å². The van der Waals surface area contributed by atoms with Crippen molar-refractivity contribution < 1.29 is 27.2 Å². The van der Waals surface area contributed by atoms with Gasteiger partial charge in [0.05, 0.1) is 18.1 Å². The van der Waals surface area contributed by atoms with Crippen molar-refractivity contribution in [2.75, 3.05) is 5.32 Å². The molecule has 0 unspecified atom stereocenters. The maximum Gasteiger partial charge on any atom is 0.433 e. The van der Waals surface area contributed by atoms with Crippen LogP contribution in [-0.2, 0) is 6.18 Å². The molecular weight excluding hydrogens is 461 g/mol. The van der Waals surface area contributed by atoms with E-state index >= 15 is 0 Å². The number of thiophene rings is 1. The molecule has 0 radical (unpaired) electrons. The molecule has 0 atom stereocenters. The number of nitrogens with one attached hydrogen (secondary N) is 1. The first-order valence-electron chi connectivity index (χ1n) is 9.22. The molecule has 5 aromatic rings. The predicted octanol–water partition coefficient (Wildman–Crippen LogP) is 3.97. The second-order valence-corrected chi connectivity index (χ2v) is 7.78. The molecule has 5 heterocycles. The van der Waals surface area contributed by atoms with Gasteiger partial charge in [0.2, 0.25) is 0 Å². The molecule has 0 bridgehead atoms. The summed E-state index contributed by atoms with van der Waals surface area (Å²) in [6, 6.07) is 5.38. The van der Waals surface area contributed by atoms with E-state index in [0.29, 0.717) is 11.3 Å². The Balaban J connectivity index is 1.73. The van der Waals surface area contributed by atoms with Gasteiger partial charge in [0.15, 0.2) is 5.65 Å². The lowest BCUT2D eigenvalue weighted by Gasteiger charge is -2.10. The first kappa shape index (κ1) is 20.6. The van der Waals surface area contributed by atoms with Gasteiger partial charge in [0.25, 0.3) is 11.8 Å². The molecule has 13 heteroatoms. The third-order valence-electron chi connectivity index (χ3n) is 4.73. The molecule has 5 aromatic heterocycles. The van der Waals surface area contributed by atoms with Crippen LogP contribution in [0.2, 0.25) is 0 Å². The van der Waals surface area contributed by atoms with Crippen molar-refractivity contribution in [3.05, 3.63) is 65.3 Å². The van der Waals surface area contributed by atoms with E-state index in [0.717, 1.165) is 6.07 Å². The molecule has 0 aliphatic rings. The van der Waals surface area contributed by atoms with Crippen LogP contribution in [0.25, 0.3) is 27.2 Å². The molecule has 0 saturated heterocycles. The van der Waals surface area contributed by atoms with Gasteiger partial charge in [-0.15, -0.1) is 11.3 Å². The summed E-state index contributed by atoms with van der Waals surface area (Å²) in [7, 11) is 0. The summed E-state index contributed by atoms with van der Waals surface area (Å²) in [5.74, 6) is -1.53. The van der Waals surface area contributed by atoms with E-state index in [2.05, 4.69) is 20.4 Å². The highest BCUT2D eigenvalue weighted by Crippen LogP contribution is 2.43. The number of rotatable bonds is 4. The van der Waals surface area contributed by atoms with Gasteiger partial charge < -0.3 is 15.5 Å². The molecule has 0 fully saturated rings. The van der Waals surface area contributed by atoms with Crippen LogP contribution in [0.1, 0.15) is 25.7 Å². The second-order valence-electron chi connectivity index (χ2n) is 6.78. The van der Waals surface area contributed by atoms with E-state index in [1.54, 1.807) is 12.3 Å². The maximum absolute atomic E-state index is 13.5. The number of alkyl halides is 3. The zero-order chi connectivity index (χ0) is 23.3. The monoisotopic (exact) mass is 472 g/mol. The van der Waals surface area contributed by atoms with Gasteiger partial charge in [-0.1, -0.05) is 0 Å². The first-order chi connectivity index (χ1) is 15.7. The number of amides is 2. The number of hydrogen-bond donors (Lipinski definition) is 2. The minimum absolute atomic E-state index is 0.00522. The van der Waals surface area contributed by atoms with E-state index in [-0.39, 0.29) is 43.3 Å². The van der Waals surface area contributed by atoms with Gasteiger partial charge in [0.1, 0.15) is 26.7 Å². The lowest BCUT2D eigenvalue weighted by Crippen LogP contribution is -2.17.